The molecule has 2 amide bonds. The molecule has 0 aliphatic carbocycles. The van der Waals surface area contributed by atoms with Crippen LogP contribution in [0.1, 0.15) is 24.1 Å². The quantitative estimate of drug-likeness (QED) is 0.913. The van der Waals surface area contributed by atoms with Crippen molar-refractivity contribution in [2.75, 3.05) is 39.3 Å². The molecule has 0 radical (unpaired) electrons. The monoisotopic (exact) mass is 347 g/mol. The summed E-state index contributed by atoms with van der Waals surface area (Å²) >= 11 is 1.77. The first-order chi connectivity index (χ1) is 11.8. The van der Waals surface area contributed by atoms with Crippen molar-refractivity contribution in [1.82, 2.24) is 15.1 Å². The molecule has 5 nitrogen and oxygen atoms in total. The summed E-state index contributed by atoms with van der Waals surface area (Å²) in [6.45, 7) is 5.04. The summed E-state index contributed by atoms with van der Waals surface area (Å²) in [7, 11) is 0. The number of fused-ring (bicyclic) bond motifs is 1. The second kappa shape index (κ2) is 7.25. The van der Waals surface area contributed by atoms with Gasteiger partial charge in [-0.1, -0.05) is 12.1 Å². The first kappa shape index (κ1) is 16.1. The maximum absolute atomic E-state index is 12.4. The number of morpholine rings is 1. The van der Waals surface area contributed by atoms with Crippen LogP contribution in [0.2, 0.25) is 0 Å². The van der Waals surface area contributed by atoms with Crippen LogP contribution in [0.25, 0.3) is 5.57 Å². The number of nitrogens with one attached hydrogen (secondary N) is 1. The van der Waals surface area contributed by atoms with E-state index >= 15 is 0 Å². The Morgan fingerprint density at radius 3 is 3.17 bits per heavy atom. The molecule has 2 unspecified atom stereocenters. The normalized spacial score (nSPS) is 27.7. The summed E-state index contributed by atoms with van der Waals surface area (Å²) in [6.07, 6.45) is 5.78. The Hall–Kier alpha value is -1.37. The SMILES string of the molecule is O=C(NCC1CN2CCCC2CO1)N1CC=C(c2cccs2)CC1. The van der Waals surface area contributed by atoms with E-state index in [9.17, 15) is 4.79 Å². The summed E-state index contributed by atoms with van der Waals surface area (Å²) in [5.74, 6) is 0. The Morgan fingerprint density at radius 2 is 2.38 bits per heavy atom. The van der Waals surface area contributed by atoms with Crippen molar-refractivity contribution in [3.63, 3.8) is 0 Å². The van der Waals surface area contributed by atoms with Crippen LogP contribution in [0.15, 0.2) is 23.6 Å². The lowest BCUT2D eigenvalue weighted by Crippen LogP contribution is -2.52. The molecule has 130 valence electrons. The van der Waals surface area contributed by atoms with Crippen LogP contribution in [0.4, 0.5) is 4.79 Å². The zero-order valence-electron chi connectivity index (χ0n) is 13.9. The average Bonchev–Trinajstić information content (AvgIpc) is 3.31. The van der Waals surface area contributed by atoms with Gasteiger partial charge in [0, 0.05) is 37.1 Å². The molecular formula is C18H25N3O2S. The molecule has 1 aromatic rings. The second-order valence-corrected chi connectivity index (χ2v) is 7.78. The number of nitrogens with zero attached hydrogens (tertiary/aromatic N) is 2. The highest BCUT2D eigenvalue weighted by Gasteiger charge is 2.32. The van der Waals surface area contributed by atoms with Crippen LogP contribution in [0.5, 0.6) is 0 Å². The van der Waals surface area contributed by atoms with E-state index in [0.717, 1.165) is 26.1 Å². The van der Waals surface area contributed by atoms with Gasteiger partial charge in [0.2, 0.25) is 0 Å². The van der Waals surface area contributed by atoms with Crippen LogP contribution in [-0.2, 0) is 4.74 Å². The molecule has 4 heterocycles. The highest BCUT2D eigenvalue weighted by Crippen LogP contribution is 2.26. The largest absolute Gasteiger partial charge is 0.373 e. The van der Waals surface area contributed by atoms with Gasteiger partial charge in [0.1, 0.15) is 0 Å². The van der Waals surface area contributed by atoms with Crippen LogP contribution in [0, 0.1) is 0 Å². The van der Waals surface area contributed by atoms with Crippen LogP contribution in [-0.4, -0.2) is 67.3 Å². The van der Waals surface area contributed by atoms with Crippen molar-refractivity contribution < 1.29 is 9.53 Å². The predicted molar refractivity (Wildman–Crippen MR) is 96.2 cm³/mol. The van der Waals surface area contributed by atoms with Crippen molar-refractivity contribution in [2.45, 2.75) is 31.4 Å². The summed E-state index contributed by atoms with van der Waals surface area (Å²) in [5, 5.41) is 5.16. The molecule has 24 heavy (non-hydrogen) atoms. The number of rotatable bonds is 3. The smallest absolute Gasteiger partial charge is 0.317 e. The molecule has 0 saturated carbocycles. The molecule has 0 aromatic carbocycles. The Morgan fingerprint density at radius 1 is 1.42 bits per heavy atom. The van der Waals surface area contributed by atoms with Gasteiger partial charge in [0.05, 0.1) is 12.7 Å². The molecule has 1 N–H and O–H groups in total. The molecule has 2 fully saturated rings. The number of carbonyl (C=O) groups is 1. The van der Waals surface area contributed by atoms with Crippen molar-refractivity contribution in [3.05, 3.63) is 28.5 Å². The maximum atomic E-state index is 12.4. The first-order valence-electron chi connectivity index (χ1n) is 8.91. The minimum Gasteiger partial charge on any atom is -0.373 e. The average molecular weight is 347 g/mol. The fourth-order valence-corrected chi connectivity index (χ4v) is 4.66. The van der Waals surface area contributed by atoms with Gasteiger partial charge in [-0.25, -0.2) is 4.79 Å². The summed E-state index contributed by atoms with van der Waals surface area (Å²) < 4.78 is 5.91. The third-order valence-corrected chi connectivity index (χ3v) is 6.22. The topological polar surface area (TPSA) is 44.8 Å². The zero-order valence-corrected chi connectivity index (χ0v) is 14.8. The van der Waals surface area contributed by atoms with E-state index in [4.69, 9.17) is 4.74 Å². The van der Waals surface area contributed by atoms with Crippen molar-refractivity contribution in [2.24, 2.45) is 0 Å². The molecule has 3 aliphatic rings. The zero-order chi connectivity index (χ0) is 16.4. The summed E-state index contributed by atoms with van der Waals surface area (Å²) in [6, 6.07) is 4.87. The van der Waals surface area contributed by atoms with E-state index in [2.05, 4.69) is 33.8 Å². The number of urea groups is 1. The van der Waals surface area contributed by atoms with Crippen molar-refractivity contribution >= 4 is 22.9 Å². The van der Waals surface area contributed by atoms with Crippen LogP contribution >= 0.6 is 11.3 Å². The van der Waals surface area contributed by atoms with E-state index < -0.39 is 0 Å². The Bertz CT molecular complexity index is 601. The van der Waals surface area contributed by atoms with Gasteiger partial charge in [-0.05, 0) is 42.8 Å². The van der Waals surface area contributed by atoms with E-state index in [0.29, 0.717) is 19.1 Å². The number of amides is 2. The number of hydrogen-bond donors (Lipinski definition) is 1. The predicted octanol–water partition coefficient (Wildman–Crippen LogP) is 2.41. The lowest BCUT2D eigenvalue weighted by atomic mass is 10.1. The van der Waals surface area contributed by atoms with E-state index in [1.807, 2.05) is 4.90 Å². The molecule has 0 bridgehead atoms. The fourth-order valence-electron chi connectivity index (χ4n) is 3.86. The summed E-state index contributed by atoms with van der Waals surface area (Å²) in [5.41, 5.74) is 1.37. The van der Waals surface area contributed by atoms with Gasteiger partial charge in [0.25, 0.3) is 0 Å². The molecular weight excluding hydrogens is 322 g/mol. The van der Waals surface area contributed by atoms with Gasteiger partial charge >= 0.3 is 6.03 Å². The van der Waals surface area contributed by atoms with E-state index in [1.54, 1.807) is 11.3 Å². The minimum absolute atomic E-state index is 0.0311. The lowest BCUT2D eigenvalue weighted by Gasteiger charge is -2.35. The lowest BCUT2D eigenvalue weighted by molar-refractivity contribution is -0.0460. The molecule has 6 heteroatoms. The highest BCUT2D eigenvalue weighted by molar-refractivity contribution is 7.11. The second-order valence-electron chi connectivity index (χ2n) is 6.84. The number of hydrogen-bond acceptors (Lipinski definition) is 4. The number of ether oxygens (including phenoxy) is 1. The summed E-state index contributed by atoms with van der Waals surface area (Å²) in [4.78, 5) is 18.1. The van der Waals surface area contributed by atoms with Crippen LogP contribution in [0.3, 0.4) is 0 Å². The molecule has 1 aromatic heterocycles. The molecule has 0 spiro atoms. The van der Waals surface area contributed by atoms with Gasteiger partial charge in [0.15, 0.2) is 0 Å². The highest BCUT2D eigenvalue weighted by atomic mass is 32.1. The van der Waals surface area contributed by atoms with E-state index in [1.165, 1.54) is 29.8 Å². The van der Waals surface area contributed by atoms with Gasteiger partial charge < -0.3 is 15.0 Å². The molecule has 2 atom stereocenters. The number of thiophene rings is 1. The number of carbonyl (C=O) groups excluding carboxylic acids is 1. The standard InChI is InChI=1S/C18H25N3O2S/c22-18(19-11-16-12-21-7-1-3-15(21)13-23-16)20-8-5-14(6-9-20)17-4-2-10-24-17/h2,4-5,10,15-16H,1,3,6-9,11-13H2,(H,19,22). The third kappa shape index (κ3) is 3.50. The Balaban J connectivity index is 1.24. The van der Waals surface area contributed by atoms with Gasteiger partial charge in [-0.3, -0.25) is 4.90 Å². The van der Waals surface area contributed by atoms with Gasteiger partial charge in [-0.2, -0.15) is 0 Å². The molecule has 3 aliphatic heterocycles. The Kier molecular flexibility index (Phi) is 4.87. The van der Waals surface area contributed by atoms with E-state index in [-0.39, 0.29) is 12.1 Å². The molecule has 4 rings (SSSR count). The first-order valence-corrected chi connectivity index (χ1v) is 9.79. The maximum Gasteiger partial charge on any atom is 0.317 e. The van der Waals surface area contributed by atoms with Crippen molar-refractivity contribution in [3.8, 4) is 0 Å². The fraction of sp³-hybridized carbons (Fsp3) is 0.611. The Labute approximate surface area is 147 Å². The minimum atomic E-state index is 0.0311. The van der Waals surface area contributed by atoms with Crippen molar-refractivity contribution in [1.29, 1.82) is 0 Å². The molecule has 2 saturated heterocycles. The van der Waals surface area contributed by atoms with Crippen LogP contribution < -0.4 is 5.32 Å². The third-order valence-electron chi connectivity index (χ3n) is 5.28. The van der Waals surface area contributed by atoms with Gasteiger partial charge in [-0.15, -0.1) is 11.3 Å².